The van der Waals surface area contributed by atoms with Crippen molar-refractivity contribution < 1.29 is 14.3 Å². The van der Waals surface area contributed by atoms with E-state index in [4.69, 9.17) is 9.47 Å². The Morgan fingerprint density at radius 2 is 1.90 bits per heavy atom. The zero-order chi connectivity index (χ0) is 21.5. The van der Waals surface area contributed by atoms with Crippen LogP contribution in [-0.4, -0.2) is 31.2 Å². The van der Waals surface area contributed by atoms with Crippen LogP contribution in [0.3, 0.4) is 0 Å². The highest BCUT2D eigenvalue weighted by molar-refractivity contribution is 5.97. The van der Waals surface area contributed by atoms with Crippen molar-refractivity contribution in [1.82, 2.24) is 9.88 Å². The number of nitrogens with one attached hydrogen (secondary N) is 1. The average Bonchev–Trinajstić information content (AvgIpc) is 3.10. The fourth-order valence-corrected chi connectivity index (χ4v) is 4.45. The van der Waals surface area contributed by atoms with E-state index in [0.29, 0.717) is 12.5 Å². The molecular weight excluding hydrogens is 376 g/mol. The molecule has 1 heterocycles. The summed E-state index contributed by atoms with van der Waals surface area (Å²) in [6.45, 7) is 5.85. The number of ether oxygens (including phenoxy) is 2. The maximum atomic E-state index is 12.9. The van der Waals surface area contributed by atoms with Crippen molar-refractivity contribution in [3.05, 3.63) is 35.5 Å². The predicted octanol–water partition coefficient (Wildman–Crippen LogP) is 5.59. The van der Waals surface area contributed by atoms with Crippen LogP contribution >= 0.6 is 0 Å². The summed E-state index contributed by atoms with van der Waals surface area (Å²) in [4.78, 5) is 12.9. The SMILES string of the molecule is CCCCNC(=O)c1cc(-c2ccc(OC)cc2OC)n(CC2CCCCC2)c1C. The molecule has 0 atom stereocenters. The molecule has 0 unspecified atom stereocenters. The zero-order valence-corrected chi connectivity index (χ0v) is 18.9. The third-order valence-electron chi connectivity index (χ3n) is 6.28. The molecule has 1 aliphatic carbocycles. The van der Waals surface area contributed by atoms with E-state index in [-0.39, 0.29) is 5.91 Å². The molecule has 0 spiro atoms. The van der Waals surface area contributed by atoms with Crippen LogP contribution in [0.1, 0.15) is 67.9 Å². The van der Waals surface area contributed by atoms with E-state index in [1.54, 1.807) is 14.2 Å². The van der Waals surface area contributed by atoms with Crippen molar-refractivity contribution in [3.8, 4) is 22.8 Å². The molecule has 3 rings (SSSR count). The fraction of sp³-hybridized carbons (Fsp3) is 0.560. The number of unbranched alkanes of at least 4 members (excludes halogenated alkanes) is 1. The Morgan fingerprint density at radius 3 is 2.57 bits per heavy atom. The van der Waals surface area contributed by atoms with Crippen LogP contribution in [0.25, 0.3) is 11.3 Å². The molecule has 1 N–H and O–H groups in total. The van der Waals surface area contributed by atoms with Crippen LogP contribution in [0.5, 0.6) is 11.5 Å². The highest BCUT2D eigenvalue weighted by Crippen LogP contribution is 2.37. The molecule has 1 aromatic carbocycles. The maximum absolute atomic E-state index is 12.9. The normalized spacial score (nSPS) is 14.5. The van der Waals surface area contributed by atoms with Crippen molar-refractivity contribution in [2.24, 2.45) is 5.92 Å². The van der Waals surface area contributed by atoms with Gasteiger partial charge in [-0.15, -0.1) is 0 Å². The Labute approximate surface area is 180 Å². The molecule has 1 saturated carbocycles. The molecule has 1 aromatic heterocycles. The summed E-state index contributed by atoms with van der Waals surface area (Å²) in [5.41, 5.74) is 3.82. The molecule has 1 fully saturated rings. The number of amides is 1. The lowest BCUT2D eigenvalue weighted by Crippen LogP contribution is -2.25. The Kier molecular flexibility index (Phi) is 7.83. The molecule has 1 aliphatic rings. The van der Waals surface area contributed by atoms with Crippen LogP contribution in [0.4, 0.5) is 0 Å². The van der Waals surface area contributed by atoms with Crippen LogP contribution in [0.2, 0.25) is 0 Å². The molecule has 0 aliphatic heterocycles. The van der Waals surface area contributed by atoms with Gasteiger partial charge in [-0.3, -0.25) is 4.79 Å². The first kappa shape index (κ1) is 22.3. The van der Waals surface area contributed by atoms with Gasteiger partial charge in [-0.1, -0.05) is 32.6 Å². The second-order valence-electron chi connectivity index (χ2n) is 8.32. The third-order valence-corrected chi connectivity index (χ3v) is 6.28. The number of carbonyl (C=O) groups is 1. The summed E-state index contributed by atoms with van der Waals surface area (Å²) in [7, 11) is 3.33. The minimum absolute atomic E-state index is 0.0112. The number of rotatable bonds is 9. The summed E-state index contributed by atoms with van der Waals surface area (Å²) < 4.78 is 13.4. The summed E-state index contributed by atoms with van der Waals surface area (Å²) in [5, 5.41) is 3.08. The van der Waals surface area contributed by atoms with Crippen molar-refractivity contribution in [2.75, 3.05) is 20.8 Å². The van der Waals surface area contributed by atoms with Crippen molar-refractivity contribution >= 4 is 5.91 Å². The number of nitrogens with zero attached hydrogens (tertiary/aromatic N) is 1. The van der Waals surface area contributed by atoms with Gasteiger partial charge >= 0.3 is 0 Å². The van der Waals surface area contributed by atoms with E-state index in [9.17, 15) is 4.79 Å². The highest BCUT2D eigenvalue weighted by Gasteiger charge is 2.23. The van der Waals surface area contributed by atoms with E-state index in [0.717, 1.165) is 53.4 Å². The van der Waals surface area contributed by atoms with Gasteiger partial charge < -0.3 is 19.4 Å². The number of aromatic nitrogens is 1. The number of methoxy groups -OCH3 is 2. The van der Waals surface area contributed by atoms with E-state index in [1.807, 2.05) is 24.3 Å². The van der Waals surface area contributed by atoms with Crippen molar-refractivity contribution in [3.63, 3.8) is 0 Å². The standard InChI is InChI=1S/C25H36N2O3/c1-5-6-14-26-25(28)22-16-23(21-13-12-20(29-3)15-24(21)30-4)27(18(22)2)17-19-10-8-7-9-11-19/h12-13,15-16,19H,5-11,14,17H2,1-4H3,(H,26,28). The molecule has 0 bridgehead atoms. The van der Waals surface area contributed by atoms with Gasteiger partial charge in [0.05, 0.1) is 25.5 Å². The summed E-state index contributed by atoms with van der Waals surface area (Å²) in [6, 6.07) is 7.92. The lowest BCUT2D eigenvalue weighted by Gasteiger charge is -2.24. The number of hydrogen-bond donors (Lipinski definition) is 1. The van der Waals surface area contributed by atoms with Crippen molar-refractivity contribution in [2.45, 2.75) is 65.3 Å². The second-order valence-corrected chi connectivity index (χ2v) is 8.32. The molecule has 5 heteroatoms. The Balaban J connectivity index is 2.01. The monoisotopic (exact) mass is 412 g/mol. The smallest absolute Gasteiger partial charge is 0.253 e. The second kappa shape index (κ2) is 10.6. The number of hydrogen-bond acceptors (Lipinski definition) is 3. The van der Waals surface area contributed by atoms with Gasteiger partial charge in [0.1, 0.15) is 11.5 Å². The molecule has 0 saturated heterocycles. The molecule has 5 nitrogen and oxygen atoms in total. The van der Waals surface area contributed by atoms with Gasteiger partial charge in [0.15, 0.2) is 0 Å². The Morgan fingerprint density at radius 1 is 1.13 bits per heavy atom. The van der Waals surface area contributed by atoms with Crippen LogP contribution in [0, 0.1) is 12.8 Å². The molecule has 30 heavy (non-hydrogen) atoms. The summed E-state index contributed by atoms with van der Waals surface area (Å²) in [5.74, 6) is 2.19. The quantitative estimate of drug-likeness (QED) is 0.546. The first-order valence-electron chi connectivity index (χ1n) is 11.3. The Bertz CT molecular complexity index is 850. The van der Waals surface area contributed by atoms with Crippen LogP contribution in [0.15, 0.2) is 24.3 Å². The average molecular weight is 413 g/mol. The first-order valence-corrected chi connectivity index (χ1v) is 11.3. The van der Waals surface area contributed by atoms with Gasteiger partial charge in [0, 0.05) is 30.4 Å². The molecular formula is C25H36N2O3. The maximum Gasteiger partial charge on any atom is 0.253 e. The van der Waals surface area contributed by atoms with Gasteiger partial charge in [-0.05, 0) is 50.3 Å². The summed E-state index contributed by atoms with van der Waals surface area (Å²) in [6.07, 6.45) is 8.52. The lowest BCUT2D eigenvalue weighted by molar-refractivity contribution is 0.0952. The van der Waals surface area contributed by atoms with E-state index >= 15 is 0 Å². The largest absolute Gasteiger partial charge is 0.497 e. The number of carbonyl (C=O) groups excluding carboxylic acids is 1. The van der Waals surface area contributed by atoms with Crippen LogP contribution in [-0.2, 0) is 6.54 Å². The van der Waals surface area contributed by atoms with Gasteiger partial charge in [0.25, 0.3) is 5.91 Å². The van der Waals surface area contributed by atoms with Crippen molar-refractivity contribution in [1.29, 1.82) is 0 Å². The fourth-order valence-electron chi connectivity index (χ4n) is 4.45. The van der Waals surface area contributed by atoms with E-state index in [2.05, 4.69) is 23.7 Å². The lowest BCUT2D eigenvalue weighted by atomic mass is 9.89. The highest BCUT2D eigenvalue weighted by atomic mass is 16.5. The van der Waals surface area contributed by atoms with Gasteiger partial charge in [0.2, 0.25) is 0 Å². The molecule has 1 amide bonds. The third kappa shape index (κ3) is 5.00. The predicted molar refractivity (Wildman–Crippen MR) is 122 cm³/mol. The zero-order valence-electron chi connectivity index (χ0n) is 18.9. The first-order chi connectivity index (χ1) is 14.6. The molecule has 2 aromatic rings. The topological polar surface area (TPSA) is 52.5 Å². The minimum atomic E-state index is 0.0112. The van der Waals surface area contributed by atoms with Gasteiger partial charge in [-0.25, -0.2) is 0 Å². The molecule has 164 valence electrons. The van der Waals surface area contributed by atoms with E-state index < -0.39 is 0 Å². The van der Waals surface area contributed by atoms with E-state index in [1.165, 1.54) is 32.1 Å². The number of benzene rings is 1. The summed E-state index contributed by atoms with van der Waals surface area (Å²) >= 11 is 0. The Hall–Kier alpha value is -2.43. The van der Waals surface area contributed by atoms with Gasteiger partial charge in [-0.2, -0.15) is 0 Å². The van der Waals surface area contributed by atoms with Crippen LogP contribution < -0.4 is 14.8 Å². The minimum Gasteiger partial charge on any atom is -0.497 e. The molecule has 0 radical (unpaired) electrons.